The summed E-state index contributed by atoms with van der Waals surface area (Å²) < 4.78 is 6.31. The van der Waals surface area contributed by atoms with Crippen LogP contribution in [-0.4, -0.2) is 13.0 Å². The summed E-state index contributed by atoms with van der Waals surface area (Å²) in [6, 6.07) is 21.3. The lowest BCUT2D eigenvalue weighted by Crippen LogP contribution is -2.13. The number of benzene rings is 3. The van der Waals surface area contributed by atoms with Crippen molar-refractivity contribution < 1.29 is 9.53 Å². The van der Waals surface area contributed by atoms with Crippen molar-refractivity contribution in [2.45, 2.75) is 20.3 Å². The Kier molecular flexibility index (Phi) is 7.28. The van der Waals surface area contributed by atoms with Crippen molar-refractivity contribution in [3.63, 3.8) is 0 Å². The second-order valence-electron chi connectivity index (χ2n) is 7.37. The Bertz CT molecular complexity index is 1150. The zero-order valence-electron chi connectivity index (χ0n) is 17.7. The maximum Gasteiger partial charge on any atom is 0.266 e. The van der Waals surface area contributed by atoms with Crippen LogP contribution in [0.5, 0.6) is 5.75 Å². The van der Waals surface area contributed by atoms with E-state index in [0.29, 0.717) is 12.1 Å². The first-order valence-electron chi connectivity index (χ1n) is 9.80. The van der Waals surface area contributed by atoms with Crippen molar-refractivity contribution in [3.05, 3.63) is 98.5 Å². The molecule has 0 atom stereocenters. The molecule has 0 saturated carbocycles. The number of anilines is 1. The minimum atomic E-state index is -0.446. The van der Waals surface area contributed by atoms with Gasteiger partial charge in [0.2, 0.25) is 0 Å². The first-order chi connectivity index (χ1) is 14.9. The average molecular weight is 475 g/mol. The number of carbonyl (C=O) groups is 1. The van der Waals surface area contributed by atoms with Gasteiger partial charge in [-0.05, 0) is 79.4 Å². The Balaban J connectivity index is 1.93. The van der Waals surface area contributed by atoms with Gasteiger partial charge in [-0.2, -0.15) is 5.26 Å². The number of nitriles is 1. The summed E-state index contributed by atoms with van der Waals surface area (Å²) in [5, 5.41) is 12.4. The third-order valence-corrected chi connectivity index (χ3v) is 5.32. The predicted molar refractivity (Wildman–Crippen MR) is 128 cm³/mol. The fourth-order valence-corrected chi connectivity index (χ4v) is 3.69. The van der Waals surface area contributed by atoms with Crippen LogP contribution in [0.15, 0.2) is 70.7 Å². The van der Waals surface area contributed by atoms with Crippen LogP contribution in [0.3, 0.4) is 0 Å². The monoisotopic (exact) mass is 474 g/mol. The van der Waals surface area contributed by atoms with Gasteiger partial charge in [-0.15, -0.1) is 0 Å². The maximum atomic E-state index is 12.7. The summed E-state index contributed by atoms with van der Waals surface area (Å²) in [7, 11) is 1.62. The van der Waals surface area contributed by atoms with E-state index in [1.807, 2.05) is 36.4 Å². The molecular formula is C26H23BrN2O2. The molecule has 3 aromatic carbocycles. The molecule has 0 aliphatic heterocycles. The van der Waals surface area contributed by atoms with Crippen molar-refractivity contribution in [1.82, 2.24) is 0 Å². The van der Waals surface area contributed by atoms with Gasteiger partial charge in [0.15, 0.2) is 0 Å². The lowest BCUT2D eigenvalue weighted by atomic mass is 9.96. The lowest BCUT2D eigenvalue weighted by molar-refractivity contribution is -0.112. The topological polar surface area (TPSA) is 62.1 Å². The van der Waals surface area contributed by atoms with Gasteiger partial charge in [0, 0.05) is 10.2 Å². The largest absolute Gasteiger partial charge is 0.497 e. The number of carbonyl (C=O) groups excluding carboxylic acids is 1. The highest BCUT2D eigenvalue weighted by atomic mass is 79.9. The summed E-state index contributed by atoms with van der Waals surface area (Å²) in [6.07, 6.45) is 2.30. The maximum absolute atomic E-state index is 12.7. The van der Waals surface area contributed by atoms with E-state index in [4.69, 9.17) is 4.74 Å². The second-order valence-corrected chi connectivity index (χ2v) is 8.28. The van der Waals surface area contributed by atoms with Crippen molar-refractivity contribution >= 4 is 33.6 Å². The second kappa shape index (κ2) is 10.1. The highest BCUT2D eigenvalue weighted by Gasteiger charge is 2.12. The molecule has 156 valence electrons. The lowest BCUT2D eigenvalue weighted by Gasteiger charge is -2.11. The van der Waals surface area contributed by atoms with Crippen molar-refractivity contribution in [1.29, 1.82) is 5.26 Å². The van der Waals surface area contributed by atoms with Gasteiger partial charge in [0.25, 0.3) is 5.91 Å². The molecule has 0 heterocycles. The molecule has 4 nitrogen and oxygen atoms in total. The Morgan fingerprint density at radius 3 is 2.35 bits per heavy atom. The number of nitrogens with one attached hydrogen (secondary N) is 1. The van der Waals surface area contributed by atoms with Gasteiger partial charge in [-0.25, -0.2) is 0 Å². The first-order valence-corrected chi connectivity index (χ1v) is 10.6. The molecule has 0 bridgehead atoms. The van der Waals surface area contributed by atoms with Gasteiger partial charge in [0.1, 0.15) is 17.4 Å². The average Bonchev–Trinajstić information content (AvgIpc) is 2.73. The van der Waals surface area contributed by atoms with E-state index in [-0.39, 0.29) is 5.57 Å². The molecule has 0 fully saturated rings. The van der Waals surface area contributed by atoms with E-state index in [0.717, 1.165) is 21.3 Å². The van der Waals surface area contributed by atoms with Crippen LogP contribution in [0, 0.1) is 25.2 Å². The Labute approximate surface area is 191 Å². The molecular weight excluding hydrogens is 452 g/mol. The summed E-state index contributed by atoms with van der Waals surface area (Å²) >= 11 is 3.37. The van der Waals surface area contributed by atoms with Crippen molar-refractivity contribution in [2.24, 2.45) is 0 Å². The summed E-state index contributed by atoms with van der Waals surface area (Å²) in [4.78, 5) is 12.7. The van der Waals surface area contributed by atoms with E-state index in [2.05, 4.69) is 53.3 Å². The van der Waals surface area contributed by atoms with E-state index in [9.17, 15) is 10.1 Å². The molecule has 5 heteroatoms. The molecule has 1 N–H and O–H groups in total. The van der Waals surface area contributed by atoms with Gasteiger partial charge >= 0.3 is 0 Å². The highest BCUT2D eigenvalue weighted by molar-refractivity contribution is 9.10. The van der Waals surface area contributed by atoms with Crippen LogP contribution in [-0.2, 0) is 11.2 Å². The quantitative estimate of drug-likeness (QED) is 0.341. The smallest absolute Gasteiger partial charge is 0.266 e. The summed E-state index contributed by atoms with van der Waals surface area (Å²) in [5.74, 6) is 0.285. The Morgan fingerprint density at radius 1 is 1.06 bits per heavy atom. The van der Waals surface area contributed by atoms with Gasteiger partial charge in [-0.1, -0.05) is 51.3 Å². The number of methoxy groups -OCH3 is 1. The Hall–Kier alpha value is -3.36. The number of hydrogen-bond acceptors (Lipinski definition) is 3. The van der Waals surface area contributed by atoms with E-state index < -0.39 is 5.91 Å². The van der Waals surface area contributed by atoms with E-state index in [1.54, 1.807) is 25.3 Å². The zero-order valence-corrected chi connectivity index (χ0v) is 19.3. The number of ether oxygens (including phenoxy) is 1. The molecule has 0 radical (unpaired) electrons. The number of aryl methyl sites for hydroxylation is 2. The summed E-state index contributed by atoms with van der Waals surface area (Å²) in [6.45, 7) is 4.15. The molecule has 0 saturated heterocycles. The molecule has 31 heavy (non-hydrogen) atoms. The number of hydrogen-bond donors (Lipinski definition) is 1. The normalized spacial score (nSPS) is 11.0. The first kappa shape index (κ1) is 22.3. The third kappa shape index (κ3) is 6.07. The van der Waals surface area contributed by atoms with E-state index in [1.165, 1.54) is 16.7 Å². The van der Waals surface area contributed by atoms with Gasteiger partial charge in [-0.3, -0.25) is 4.79 Å². The fourth-order valence-electron chi connectivity index (χ4n) is 3.43. The molecule has 0 aliphatic carbocycles. The van der Waals surface area contributed by atoms with Crippen LogP contribution < -0.4 is 10.1 Å². The Morgan fingerprint density at radius 2 is 1.74 bits per heavy atom. The summed E-state index contributed by atoms with van der Waals surface area (Å²) in [5.41, 5.74) is 6.01. The van der Waals surface area contributed by atoms with Crippen LogP contribution in [0.2, 0.25) is 0 Å². The van der Waals surface area contributed by atoms with Crippen molar-refractivity contribution in [2.75, 3.05) is 12.4 Å². The molecule has 0 aromatic heterocycles. The SMILES string of the molecule is COc1ccc(/C=C(\C#N)C(=O)Nc2ccc(Br)cc2)c(Cc2cc(C)cc(C)c2)c1. The molecule has 1 amide bonds. The minimum Gasteiger partial charge on any atom is -0.497 e. The molecule has 3 aromatic rings. The number of halogens is 1. The third-order valence-electron chi connectivity index (χ3n) is 4.79. The number of amides is 1. The van der Waals surface area contributed by atoms with Crippen LogP contribution in [0.1, 0.15) is 27.8 Å². The van der Waals surface area contributed by atoms with Crippen LogP contribution in [0.25, 0.3) is 6.08 Å². The number of rotatable bonds is 6. The molecule has 3 rings (SSSR count). The molecule has 0 unspecified atom stereocenters. The van der Waals surface area contributed by atoms with E-state index >= 15 is 0 Å². The molecule has 0 spiro atoms. The molecule has 0 aliphatic rings. The van der Waals surface area contributed by atoms with Crippen molar-refractivity contribution in [3.8, 4) is 11.8 Å². The van der Waals surface area contributed by atoms with Crippen LogP contribution >= 0.6 is 15.9 Å². The van der Waals surface area contributed by atoms with Gasteiger partial charge in [0.05, 0.1) is 7.11 Å². The highest BCUT2D eigenvalue weighted by Crippen LogP contribution is 2.24. The number of nitrogens with zero attached hydrogens (tertiary/aromatic N) is 1. The van der Waals surface area contributed by atoms with Gasteiger partial charge < -0.3 is 10.1 Å². The van der Waals surface area contributed by atoms with Crippen LogP contribution in [0.4, 0.5) is 5.69 Å². The zero-order chi connectivity index (χ0) is 22.4. The minimum absolute atomic E-state index is 0.0368. The fraction of sp³-hybridized carbons (Fsp3) is 0.154. The standard InChI is InChI=1S/C26H23BrN2O2/c1-17-10-18(2)12-19(11-17)13-21-15-25(31-3)9-4-20(21)14-22(16-28)26(30)29-24-7-5-23(27)6-8-24/h4-12,14-15H,13H2,1-3H3,(H,29,30)/b22-14+. The predicted octanol–water partition coefficient (Wildman–Crippen LogP) is 6.21.